The van der Waals surface area contributed by atoms with E-state index in [1.165, 1.54) is 0 Å². The molecule has 28 heavy (non-hydrogen) atoms. The van der Waals surface area contributed by atoms with Crippen molar-refractivity contribution in [2.45, 2.75) is 76.9 Å². The Morgan fingerprint density at radius 1 is 0.786 bits per heavy atom. The minimum atomic E-state index is -0.0649. The second kappa shape index (κ2) is 21.8. The molecule has 1 atom stereocenters. The first-order valence-corrected chi connectivity index (χ1v) is 12.0. The summed E-state index contributed by atoms with van der Waals surface area (Å²) in [6.45, 7) is 4.48. The summed E-state index contributed by atoms with van der Waals surface area (Å²) in [6, 6.07) is 0. The molecule has 0 heterocycles. The molecule has 0 aromatic carbocycles. The van der Waals surface area contributed by atoms with Crippen molar-refractivity contribution in [3.05, 3.63) is 60.8 Å². The minimum absolute atomic E-state index is 0.00620. The van der Waals surface area contributed by atoms with Crippen molar-refractivity contribution < 1.29 is 9.53 Å². The largest absolute Gasteiger partial charge is 0.465 e. The molecule has 2 nitrogen and oxygen atoms in total. The molecule has 0 fully saturated rings. The maximum Gasteiger partial charge on any atom is 0.319 e. The highest BCUT2D eigenvalue weighted by atomic mass is 32.2. The number of ether oxygens (including phenoxy) is 1. The van der Waals surface area contributed by atoms with Gasteiger partial charge in [0, 0.05) is 0 Å². The molecule has 3 heteroatoms. The number of carbonyl (C=O) groups excluding carboxylic acids is 1. The van der Waals surface area contributed by atoms with Gasteiger partial charge in [0.2, 0.25) is 0 Å². The van der Waals surface area contributed by atoms with Gasteiger partial charge in [-0.15, -0.1) is 0 Å². The lowest BCUT2D eigenvalue weighted by molar-refractivity contribution is -0.142. The van der Waals surface area contributed by atoms with E-state index < -0.39 is 0 Å². The Balaban J connectivity index is 3.62. The molecule has 0 aliphatic carbocycles. The Morgan fingerprint density at radius 3 is 1.75 bits per heavy atom. The molecule has 0 aromatic rings. The zero-order valence-electron chi connectivity index (χ0n) is 18.1. The fraction of sp³-hybridized carbons (Fsp3) is 0.560. The first kappa shape index (κ1) is 26.5. The van der Waals surface area contributed by atoms with E-state index in [1.807, 2.05) is 13.2 Å². The number of esters is 1. The summed E-state index contributed by atoms with van der Waals surface area (Å²) in [6.07, 6.45) is 33.5. The van der Waals surface area contributed by atoms with Crippen molar-refractivity contribution >= 4 is 17.7 Å². The fourth-order valence-electron chi connectivity index (χ4n) is 2.53. The molecule has 0 saturated heterocycles. The predicted octanol–water partition coefficient (Wildman–Crippen LogP) is 7.59. The van der Waals surface area contributed by atoms with Crippen LogP contribution in [-0.2, 0) is 9.53 Å². The Hall–Kier alpha value is -1.48. The van der Waals surface area contributed by atoms with Gasteiger partial charge in [-0.05, 0) is 64.5 Å². The average Bonchev–Trinajstić information content (AvgIpc) is 2.70. The maximum absolute atomic E-state index is 11.7. The van der Waals surface area contributed by atoms with Crippen LogP contribution in [-0.4, -0.2) is 24.1 Å². The van der Waals surface area contributed by atoms with E-state index in [0.717, 1.165) is 57.8 Å². The zero-order chi connectivity index (χ0) is 20.7. The average molecular weight is 405 g/mol. The van der Waals surface area contributed by atoms with E-state index in [1.54, 1.807) is 11.8 Å². The number of hydrogen-bond donors (Lipinski definition) is 0. The standard InChI is InChI=1S/C25H40O2S/c1-4-6-7-8-9-10-11-12-13-14-15-16-17-18-19-20-21-22-23-24(28-3)25(26)27-5-2/h6-7,9-10,12-13,15-16,18-19,24H,4-5,8,11,14,17,20-23H2,1-3H3/b7-6-,10-9-,13-12-,16-15-,19-18-. The highest BCUT2D eigenvalue weighted by Gasteiger charge is 2.17. The number of unbranched alkanes of at least 4 members (excludes halogenated alkanes) is 2. The van der Waals surface area contributed by atoms with Gasteiger partial charge in [-0.3, -0.25) is 4.79 Å². The van der Waals surface area contributed by atoms with Crippen LogP contribution in [0.25, 0.3) is 0 Å². The van der Waals surface area contributed by atoms with E-state index in [9.17, 15) is 4.79 Å². The third-order valence-electron chi connectivity index (χ3n) is 4.08. The molecule has 0 spiro atoms. The lowest BCUT2D eigenvalue weighted by Crippen LogP contribution is -2.19. The molecule has 0 N–H and O–H groups in total. The van der Waals surface area contributed by atoms with Crippen molar-refractivity contribution in [3.8, 4) is 0 Å². The highest BCUT2D eigenvalue weighted by molar-refractivity contribution is 7.99. The minimum Gasteiger partial charge on any atom is -0.465 e. The monoisotopic (exact) mass is 404 g/mol. The predicted molar refractivity (Wildman–Crippen MR) is 127 cm³/mol. The molecule has 0 aliphatic heterocycles. The Labute approximate surface area is 177 Å². The smallest absolute Gasteiger partial charge is 0.319 e. The van der Waals surface area contributed by atoms with Crippen LogP contribution in [0.4, 0.5) is 0 Å². The van der Waals surface area contributed by atoms with Crippen LogP contribution in [0.5, 0.6) is 0 Å². The van der Waals surface area contributed by atoms with Gasteiger partial charge in [0.1, 0.15) is 5.25 Å². The summed E-state index contributed by atoms with van der Waals surface area (Å²) in [7, 11) is 0. The van der Waals surface area contributed by atoms with Gasteiger partial charge in [0.15, 0.2) is 0 Å². The van der Waals surface area contributed by atoms with Gasteiger partial charge in [-0.2, -0.15) is 11.8 Å². The molecular weight excluding hydrogens is 364 g/mol. The molecule has 0 rings (SSSR count). The van der Waals surface area contributed by atoms with Crippen LogP contribution in [0.2, 0.25) is 0 Å². The van der Waals surface area contributed by atoms with Gasteiger partial charge < -0.3 is 4.74 Å². The van der Waals surface area contributed by atoms with Crippen LogP contribution in [0.1, 0.15) is 71.6 Å². The second-order valence-corrected chi connectivity index (χ2v) is 7.51. The summed E-state index contributed by atoms with van der Waals surface area (Å²) >= 11 is 1.59. The molecular formula is C25H40O2S. The number of rotatable bonds is 17. The van der Waals surface area contributed by atoms with Crippen molar-refractivity contribution in [1.82, 2.24) is 0 Å². The third kappa shape index (κ3) is 17.9. The van der Waals surface area contributed by atoms with Crippen LogP contribution in [0, 0.1) is 0 Å². The molecule has 1 unspecified atom stereocenters. The Kier molecular flexibility index (Phi) is 20.7. The lowest BCUT2D eigenvalue weighted by atomic mass is 10.1. The van der Waals surface area contributed by atoms with E-state index in [4.69, 9.17) is 4.74 Å². The molecule has 0 radical (unpaired) electrons. The molecule has 158 valence electrons. The van der Waals surface area contributed by atoms with Gasteiger partial charge in [-0.25, -0.2) is 0 Å². The number of thioether (sulfide) groups is 1. The van der Waals surface area contributed by atoms with Crippen molar-refractivity contribution in [1.29, 1.82) is 0 Å². The summed E-state index contributed by atoms with van der Waals surface area (Å²) in [5.74, 6) is -0.0649. The van der Waals surface area contributed by atoms with E-state index in [2.05, 4.69) is 67.7 Å². The number of hydrogen-bond acceptors (Lipinski definition) is 3. The van der Waals surface area contributed by atoms with Crippen LogP contribution < -0.4 is 0 Å². The molecule has 0 aromatic heterocycles. The number of carbonyl (C=O) groups is 1. The van der Waals surface area contributed by atoms with E-state index >= 15 is 0 Å². The molecule has 0 amide bonds. The van der Waals surface area contributed by atoms with Crippen LogP contribution >= 0.6 is 11.8 Å². The van der Waals surface area contributed by atoms with Gasteiger partial charge in [0.05, 0.1) is 6.61 Å². The van der Waals surface area contributed by atoms with Gasteiger partial charge >= 0.3 is 5.97 Å². The van der Waals surface area contributed by atoms with Crippen LogP contribution in [0.15, 0.2) is 60.8 Å². The Morgan fingerprint density at radius 2 is 1.29 bits per heavy atom. The van der Waals surface area contributed by atoms with E-state index in [-0.39, 0.29) is 11.2 Å². The first-order valence-electron chi connectivity index (χ1n) is 10.7. The quantitative estimate of drug-likeness (QED) is 0.142. The molecule has 0 aliphatic rings. The van der Waals surface area contributed by atoms with Gasteiger partial charge in [-0.1, -0.05) is 74.1 Å². The lowest BCUT2D eigenvalue weighted by Gasteiger charge is -2.12. The Bertz CT molecular complexity index is 501. The summed E-state index contributed by atoms with van der Waals surface area (Å²) in [4.78, 5) is 11.7. The normalized spacial score (nSPS) is 13.7. The maximum atomic E-state index is 11.7. The fourth-order valence-corrected chi connectivity index (χ4v) is 3.19. The topological polar surface area (TPSA) is 26.3 Å². The van der Waals surface area contributed by atoms with Crippen molar-refractivity contribution in [2.24, 2.45) is 0 Å². The first-order chi connectivity index (χ1) is 13.8. The van der Waals surface area contributed by atoms with Crippen LogP contribution in [0.3, 0.4) is 0 Å². The SMILES string of the molecule is CC/C=C\C/C=C\C/C=C\C/C=C\C/C=C\CCCCC(SC)C(=O)OCC. The molecule has 0 bridgehead atoms. The van der Waals surface area contributed by atoms with Crippen molar-refractivity contribution in [2.75, 3.05) is 12.9 Å². The highest BCUT2D eigenvalue weighted by Crippen LogP contribution is 2.17. The zero-order valence-corrected chi connectivity index (χ0v) is 19.0. The molecule has 0 saturated carbocycles. The van der Waals surface area contributed by atoms with Gasteiger partial charge in [0.25, 0.3) is 0 Å². The third-order valence-corrected chi connectivity index (χ3v) is 5.08. The summed E-state index contributed by atoms with van der Waals surface area (Å²) in [5.41, 5.74) is 0. The summed E-state index contributed by atoms with van der Waals surface area (Å²) < 4.78 is 5.09. The number of allylic oxidation sites excluding steroid dienone is 10. The van der Waals surface area contributed by atoms with E-state index in [0.29, 0.717) is 6.61 Å². The second-order valence-electron chi connectivity index (χ2n) is 6.47. The van der Waals surface area contributed by atoms with Crippen molar-refractivity contribution in [3.63, 3.8) is 0 Å². The summed E-state index contributed by atoms with van der Waals surface area (Å²) in [5, 5.41) is -0.00620.